The van der Waals surface area contributed by atoms with Crippen LogP contribution in [0.2, 0.25) is 5.02 Å². The lowest BCUT2D eigenvalue weighted by atomic mass is 10.1. The average molecular weight is 414 g/mol. The molecule has 7 heteroatoms. The van der Waals surface area contributed by atoms with Gasteiger partial charge in [0.2, 0.25) is 6.79 Å². The van der Waals surface area contributed by atoms with Crippen molar-refractivity contribution in [2.24, 2.45) is 4.99 Å². The largest absolute Gasteiger partial charge is 0.454 e. The van der Waals surface area contributed by atoms with Crippen molar-refractivity contribution in [3.05, 3.63) is 53.2 Å². The molecule has 0 saturated carbocycles. The molecule has 0 radical (unpaired) electrons. The third kappa shape index (κ3) is 3.01. The Labute approximate surface area is 172 Å². The topological polar surface area (TPSA) is 39.0 Å². The second-order valence-electron chi connectivity index (χ2n) is 7.10. The van der Waals surface area contributed by atoms with Crippen LogP contribution in [0.1, 0.15) is 11.6 Å². The Hall–Kier alpha value is -2.31. The van der Waals surface area contributed by atoms with E-state index in [-0.39, 0.29) is 6.79 Å². The number of nitrogens with zero attached hydrogens (tertiary/aromatic N) is 3. The van der Waals surface area contributed by atoms with Gasteiger partial charge in [-0.3, -0.25) is 0 Å². The van der Waals surface area contributed by atoms with Gasteiger partial charge in [-0.05, 0) is 37.4 Å². The minimum atomic E-state index is 0.276. The Morgan fingerprint density at radius 1 is 1.14 bits per heavy atom. The summed E-state index contributed by atoms with van der Waals surface area (Å²) in [6.45, 7) is 4.20. The summed E-state index contributed by atoms with van der Waals surface area (Å²) in [5, 5.41) is 2.95. The zero-order chi connectivity index (χ0) is 19.3. The molecular formula is C21H20ClN3O2S. The zero-order valence-corrected chi connectivity index (χ0v) is 17.3. The molecule has 2 aliphatic rings. The lowest BCUT2D eigenvalue weighted by Gasteiger charge is -2.41. The highest BCUT2D eigenvalue weighted by molar-refractivity contribution is 8.13. The monoisotopic (exact) mass is 413 g/mol. The van der Waals surface area contributed by atoms with Crippen molar-refractivity contribution in [2.45, 2.75) is 13.0 Å². The second-order valence-corrected chi connectivity index (χ2v) is 8.28. The number of aryl methyl sites for hydroxylation is 1. The van der Waals surface area contributed by atoms with Crippen LogP contribution in [0.25, 0.3) is 10.9 Å². The predicted octanol–water partition coefficient (Wildman–Crippen LogP) is 5.24. The van der Waals surface area contributed by atoms with Gasteiger partial charge in [0.1, 0.15) is 0 Å². The van der Waals surface area contributed by atoms with E-state index in [1.165, 1.54) is 11.1 Å². The smallest absolute Gasteiger partial charge is 0.231 e. The van der Waals surface area contributed by atoms with Gasteiger partial charge in [-0.15, -0.1) is 0 Å². The number of rotatable bonds is 2. The SMILES string of the molecule is CS/C(=N/c1ccc2c(c1)OCO2)N1CC(n2cc(Cl)c3cc(C)ccc32)C1. The van der Waals surface area contributed by atoms with E-state index in [9.17, 15) is 0 Å². The van der Waals surface area contributed by atoms with Gasteiger partial charge in [-0.25, -0.2) is 4.99 Å². The van der Waals surface area contributed by atoms with Crippen LogP contribution in [0.4, 0.5) is 5.69 Å². The summed E-state index contributed by atoms with van der Waals surface area (Å²) in [5.74, 6) is 1.53. The van der Waals surface area contributed by atoms with Gasteiger partial charge in [0.25, 0.3) is 0 Å². The summed E-state index contributed by atoms with van der Waals surface area (Å²) >= 11 is 8.13. The van der Waals surface area contributed by atoms with E-state index >= 15 is 0 Å². The minimum Gasteiger partial charge on any atom is -0.454 e. The lowest BCUT2D eigenvalue weighted by Crippen LogP contribution is -2.49. The maximum Gasteiger partial charge on any atom is 0.231 e. The van der Waals surface area contributed by atoms with E-state index in [1.54, 1.807) is 11.8 Å². The fraction of sp³-hybridized carbons (Fsp3) is 0.286. The van der Waals surface area contributed by atoms with Crippen molar-refractivity contribution in [1.29, 1.82) is 0 Å². The Balaban J connectivity index is 1.35. The molecule has 0 unspecified atom stereocenters. The zero-order valence-electron chi connectivity index (χ0n) is 15.7. The molecule has 2 aromatic carbocycles. The maximum atomic E-state index is 6.47. The van der Waals surface area contributed by atoms with Crippen molar-refractivity contribution in [3.63, 3.8) is 0 Å². The van der Waals surface area contributed by atoms with Gasteiger partial charge in [0.15, 0.2) is 16.7 Å². The van der Waals surface area contributed by atoms with E-state index in [0.29, 0.717) is 6.04 Å². The number of aromatic nitrogens is 1. The first-order chi connectivity index (χ1) is 13.6. The normalized spacial score (nSPS) is 16.7. The molecule has 3 heterocycles. The molecule has 5 rings (SSSR count). The molecule has 2 aliphatic heterocycles. The van der Waals surface area contributed by atoms with Gasteiger partial charge in [-0.1, -0.05) is 35.0 Å². The van der Waals surface area contributed by atoms with E-state index in [1.807, 2.05) is 18.2 Å². The van der Waals surface area contributed by atoms with Crippen LogP contribution in [0.3, 0.4) is 0 Å². The third-order valence-corrected chi connectivity index (χ3v) is 6.25. The molecular weight excluding hydrogens is 394 g/mol. The van der Waals surface area contributed by atoms with Crippen molar-refractivity contribution < 1.29 is 9.47 Å². The number of benzene rings is 2. The van der Waals surface area contributed by atoms with Crippen molar-refractivity contribution in [1.82, 2.24) is 9.47 Å². The molecule has 3 aromatic rings. The Bertz CT molecular complexity index is 1090. The van der Waals surface area contributed by atoms with Gasteiger partial charge < -0.3 is 18.9 Å². The van der Waals surface area contributed by atoms with E-state index in [4.69, 9.17) is 26.1 Å². The standard InChI is InChI=1S/C21H20ClN3O2S/c1-13-3-5-18-16(7-13)17(22)11-25(18)15-9-24(10-15)21(28-2)23-14-4-6-19-20(8-14)27-12-26-19/h3-8,11,15H,9-10,12H2,1-2H3/b23-21+. The highest BCUT2D eigenvalue weighted by Crippen LogP contribution is 2.37. The van der Waals surface area contributed by atoms with Crippen molar-refractivity contribution in [3.8, 4) is 11.5 Å². The van der Waals surface area contributed by atoms with E-state index in [2.05, 4.69) is 47.0 Å². The van der Waals surface area contributed by atoms with Crippen LogP contribution < -0.4 is 9.47 Å². The van der Waals surface area contributed by atoms with Crippen LogP contribution >= 0.6 is 23.4 Å². The number of hydrogen-bond donors (Lipinski definition) is 0. The van der Waals surface area contributed by atoms with Crippen LogP contribution in [0.5, 0.6) is 11.5 Å². The van der Waals surface area contributed by atoms with Gasteiger partial charge in [0, 0.05) is 36.3 Å². The molecule has 0 bridgehead atoms. The summed E-state index contributed by atoms with van der Waals surface area (Å²) in [5.41, 5.74) is 3.29. The Morgan fingerprint density at radius 3 is 2.79 bits per heavy atom. The van der Waals surface area contributed by atoms with Gasteiger partial charge in [-0.2, -0.15) is 0 Å². The van der Waals surface area contributed by atoms with Crippen LogP contribution in [0, 0.1) is 6.92 Å². The van der Waals surface area contributed by atoms with Crippen molar-refractivity contribution in [2.75, 3.05) is 26.1 Å². The summed E-state index contributed by atoms with van der Waals surface area (Å²) in [6.07, 6.45) is 4.12. The number of halogens is 1. The van der Waals surface area contributed by atoms with E-state index in [0.717, 1.165) is 45.9 Å². The molecule has 144 valence electrons. The van der Waals surface area contributed by atoms with E-state index < -0.39 is 0 Å². The van der Waals surface area contributed by atoms with Gasteiger partial charge in [0.05, 0.1) is 16.8 Å². The molecule has 0 atom stereocenters. The molecule has 1 saturated heterocycles. The van der Waals surface area contributed by atoms with Gasteiger partial charge >= 0.3 is 0 Å². The molecule has 0 spiro atoms. The van der Waals surface area contributed by atoms with Crippen molar-refractivity contribution >= 4 is 45.1 Å². The van der Waals surface area contributed by atoms with Crippen LogP contribution in [-0.4, -0.2) is 40.8 Å². The fourth-order valence-electron chi connectivity index (χ4n) is 3.73. The highest BCUT2D eigenvalue weighted by Gasteiger charge is 2.31. The maximum absolute atomic E-state index is 6.47. The molecule has 0 amide bonds. The summed E-state index contributed by atoms with van der Waals surface area (Å²) in [4.78, 5) is 7.12. The average Bonchev–Trinajstić information content (AvgIpc) is 3.24. The van der Waals surface area contributed by atoms with Crippen LogP contribution in [-0.2, 0) is 0 Å². The first-order valence-electron chi connectivity index (χ1n) is 9.16. The predicted molar refractivity (Wildman–Crippen MR) is 115 cm³/mol. The first-order valence-corrected chi connectivity index (χ1v) is 10.8. The molecule has 28 heavy (non-hydrogen) atoms. The number of amidine groups is 1. The minimum absolute atomic E-state index is 0.276. The third-order valence-electron chi connectivity index (χ3n) is 5.23. The molecule has 1 fully saturated rings. The molecule has 0 N–H and O–H groups in total. The highest BCUT2D eigenvalue weighted by atomic mass is 35.5. The second kappa shape index (κ2) is 6.94. The number of fused-ring (bicyclic) bond motifs is 2. The number of likely N-dealkylation sites (tertiary alicyclic amines) is 1. The quantitative estimate of drug-likeness (QED) is 0.425. The Morgan fingerprint density at radius 2 is 1.96 bits per heavy atom. The number of aliphatic imine (C=N–C) groups is 1. The fourth-order valence-corrected chi connectivity index (χ4v) is 4.59. The summed E-state index contributed by atoms with van der Waals surface area (Å²) in [7, 11) is 0. The number of thioether (sulfide) groups is 1. The summed E-state index contributed by atoms with van der Waals surface area (Å²) < 4.78 is 13.1. The number of hydrogen-bond acceptors (Lipinski definition) is 4. The Kier molecular flexibility index (Phi) is 4.40. The van der Waals surface area contributed by atoms with Crippen LogP contribution in [0.15, 0.2) is 47.6 Å². The lowest BCUT2D eigenvalue weighted by molar-refractivity contribution is 0.174. The molecule has 1 aromatic heterocycles. The summed E-state index contributed by atoms with van der Waals surface area (Å²) in [6, 6.07) is 12.6. The molecule has 5 nitrogen and oxygen atoms in total. The first kappa shape index (κ1) is 17.8. The number of ether oxygens (including phenoxy) is 2. The molecule has 0 aliphatic carbocycles.